The lowest BCUT2D eigenvalue weighted by molar-refractivity contribution is 0.164. The van der Waals surface area contributed by atoms with Crippen molar-refractivity contribution in [3.05, 3.63) is 0 Å². The van der Waals surface area contributed by atoms with Crippen LogP contribution in [0.3, 0.4) is 0 Å². The zero-order chi connectivity index (χ0) is 14.3. The maximum absolute atomic E-state index is 3.50. The van der Waals surface area contributed by atoms with Crippen molar-refractivity contribution in [1.82, 2.24) is 15.1 Å². The van der Waals surface area contributed by atoms with Gasteiger partial charge in [-0.15, -0.1) is 0 Å². The average molecular weight is 269 g/mol. The van der Waals surface area contributed by atoms with Crippen molar-refractivity contribution in [2.24, 2.45) is 0 Å². The molecular formula is C16H35N3. The SMILES string of the molecule is CCN1CCCC1CN(C)C(C)CCCNC(C)C. The fraction of sp³-hybridized carbons (Fsp3) is 1.00. The first kappa shape index (κ1) is 16.9. The van der Waals surface area contributed by atoms with Gasteiger partial charge in [-0.25, -0.2) is 0 Å². The Morgan fingerprint density at radius 3 is 2.68 bits per heavy atom. The van der Waals surface area contributed by atoms with Crippen LogP contribution in [0.5, 0.6) is 0 Å². The van der Waals surface area contributed by atoms with Crippen molar-refractivity contribution in [1.29, 1.82) is 0 Å². The number of nitrogens with zero attached hydrogens (tertiary/aromatic N) is 2. The van der Waals surface area contributed by atoms with Crippen LogP contribution >= 0.6 is 0 Å². The van der Waals surface area contributed by atoms with Crippen LogP contribution < -0.4 is 5.32 Å². The lowest BCUT2D eigenvalue weighted by Gasteiger charge is -2.31. The van der Waals surface area contributed by atoms with Gasteiger partial charge >= 0.3 is 0 Å². The highest BCUT2D eigenvalue weighted by atomic mass is 15.2. The molecule has 1 heterocycles. The molecule has 0 aliphatic carbocycles. The van der Waals surface area contributed by atoms with E-state index >= 15 is 0 Å². The monoisotopic (exact) mass is 269 g/mol. The molecule has 0 amide bonds. The molecule has 2 unspecified atom stereocenters. The van der Waals surface area contributed by atoms with E-state index in [1.807, 2.05) is 0 Å². The van der Waals surface area contributed by atoms with Gasteiger partial charge in [-0.2, -0.15) is 0 Å². The lowest BCUT2D eigenvalue weighted by atomic mass is 10.1. The van der Waals surface area contributed by atoms with Gasteiger partial charge in [0.1, 0.15) is 0 Å². The average Bonchev–Trinajstić information content (AvgIpc) is 2.81. The number of likely N-dealkylation sites (N-methyl/N-ethyl adjacent to an activating group) is 2. The first-order valence-electron chi connectivity index (χ1n) is 8.22. The van der Waals surface area contributed by atoms with E-state index in [1.54, 1.807) is 0 Å². The smallest absolute Gasteiger partial charge is 0.0223 e. The molecule has 1 saturated heterocycles. The third-order valence-corrected chi connectivity index (χ3v) is 4.51. The molecule has 0 radical (unpaired) electrons. The maximum Gasteiger partial charge on any atom is 0.0223 e. The second kappa shape index (κ2) is 8.93. The van der Waals surface area contributed by atoms with Crippen molar-refractivity contribution < 1.29 is 0 Å². The fourth-order valence-corrected chi connectivity index (χ4v) is 3.04. The van der Waals surface area contributed by atoms with E-state index in [2.05, 4.69) is 49.9 Å². The van der Waals surface area contributed by atoms with E-state index in [0.29, 0.717) is 12.1 Å². The zero-order valence-corrected chi connectivity index (χ0v) is 13.8. The van der Waals surface area contributed by atoms with Crippen LogP contribution in [-0.2, 0) is 0 Å². The highest BCUT2D eigenvalue weighted by Crippen LogP contribution is 2.18. The molecule has 0 spiro atoms. The molecule has 1 aliphatic heterocycles. The summed E-state index contributed by atoms with van der Waals surface area (Å²) in [5.74, 6) is 0. The van der Waals surface area contributed by atoms with Gasteiger partial charge in [-0.1, -0.05) is 20.8 Å². The van der Waals surface area contributed by atoms with Crippen molar-refractivity contribution in [2.75, 3.05) is 33.2 Å². The Morgan fingerprint density at radius 2 is 2.05 bits per heavy atom. The molecule has 1 fully saturated rings. The Balaban J connectivity index is 2.18. The molecule has 0 aromatic rings. The van der Waals surface area contributed by atoms with E-state index in [0.717, 1.165) is 12.6 Å². The van der Waals surface area contributed by atoms with Crippen molar-refractivity contribution in [2.45, 2.75) is 71.5 Å². The first-order valence-corrected chi connectivity index (χ1v) is 8.22. The summed E-state index contributed by atoms with van der Waals surface area (Å²) in [7, 11) is 2.30. The minimum atomic E-state index is 0.615. The molecule has 1 aliphatic rings. The molecule has 3 heteroatoms. The van der Waals surface area contributed by atoms with Gasteiger partial charge in [0.15, 0.2) is 0 Å². The molecular weight excluding hydrogens is 234 g/mol. The normalized spacial score (nSPS) is 22.6. The first-order chi connectivity index (χ1) is 9.04. The van der Waals surface area contributed by atoms with Gasteiger partial charge < -0.3 is 10.2 Å². The summed E-state index contributed by atoms with van der Waals surface area (Å²) in [6.07, 6.45) is 5.36. The zero-order valence-electron chi connectivity index (χ0n) is 13.8. The highest BCUT2D eigenvalue weighted by Gasteiger charge is 2.25. The standard InChI is InChI=1S/C16H35N3/c1-6-19-12-8-10-16(19)13-18(5)15(4)9-7-11-17-14(2)3/h14-17H,6-13H2,1-5H3. The molecule has 19 heavy (non-hydrogen) atoms. The summed E-state index contributed by atoms with van der Waals surface area (Å²) in [5, 5.41) is 3.50. The van der Waals surface area contributed by atoms with Crippen LogP contribution in [0.4, 0.5) is 0 Å². The second-order valence-corrected chi connectivity index (χ2v) is 6.46. The van der Waals surface area contributed by atoms with Gasteiger partial charge in [-0.3, -0.25) is 4.90 Å². The van der Waals surface area contributed by atoms with Crippen LogP contribution in [0.25, 0.3) is 0 Å². The van der Waals surface area contributed by atoms with Gasteiger partial charge in [-0.05, 0) is 59.3 Å². The molecule has 1 N–H and O–H groups in total. The third kappa shape index (κ3) is 6.24. The van der Waals surface area contributed by atoms with Crippen LogP contribution in [0, 0.1) is 0 Å². The summed E-state index contributed by atoms with van der Waals surface area (Å²) in [6.45, 7) is 14.0. The summed E-state index contributed by atoms with van der Waals surface area (Å²) in [5.41, 5.74) is 0. The molecule has 3 nitrogen and oxygen atoms in total. The van der Waals surface area contributed by atoms with E-state index in [-0.39, 0.29) is 0 Å². The molecule has 0 aromatic heterocycles. The fourth-order valence-electron chi connectivity index (χ4n) is 3.04. The van der Waals surface area contributed by atoms with Gasteiger partial charge in [0.2, 0.25) is 0 Å². The van der Waals surface area contributed by atoms with Gasteiger partial charge in [0.05, 0.1) is 0 Å². The number of nitrogens with one attached hydrogen (secondary N) is 1. The lowest BCUT2D eigenvalue weighted by Crippen LogP contribution is -2.42. The summed E-state index contributed by atoms with van der Waals surface area (Å²) in [6, 6.07) is 2.11. The predicted molar refractivity (Wildman–Crippen MR) is 84.7 cm³/mol. The number of rotatable bonds is 9. The van der Waals surface area contributed by atoms with E-state index in [4.69, 9.17) is 0 Å². The van der Waals surface area contributed by atoms with Crippen LogP contribution in [0.15, 0.2) is 0 Å². The molecule has 2 atom stereocenters. The largest absolute Gasteiger partial charge is 0.315 e. The van der Waals surface area contributed by atoms with Crippen LogP contribution in [-0.4, -0.2) is 61.2 Å². The van der Waals surface area contributed by atoms with Crippen molar-refractivity contribution >= 4 is 0 Å². The highest BCUT2D eigenvalue weighted by molar-refractivity contribution is 4.81. The molecule has 0 bridgehead atoms. The number of hydrogen-bond acceptors (Lipinski definition) is 3. The maximum atomic E-state index is 3.50. The van der Waals surface area contributed by atoms with Crippen LogP contribution in [0.2, 0.25) is 0 Å². The summed E-state index contributed by atoms with van der Waals surface area (Å²) in [4.78, 5) is 5.21. The molecule has 114 valence electrons. The quantitative estimate of drug-likeness (QED) is 0.649. The topological polar surface area (TPSA) is 18.5 Å². The number of hydrogen-bond donors (Lipinski definition) is 1. The molecule has 1 rings (SSSR count). The van der Waals surface area contributed by atoms with Gasteiger partial charge in [0.25, 0.3) is 0 Å². The van der Waals surface area contributed by atoms with Crippen LogP contribution in [0.1, 0.15) is 53.4 Å². The minimum Gasteiger partial charge on any atom is -0.315 e. The van der Waals surface area contributed by atoms with E-state index < -0.39 is 0 Å². The van der Waals surface area contributed by atoms with E-state index in [1.165, 1.54) is 45.3 Å². The van der Waals surface area contributed by atoms with Gasteiger partial charge in [0, 0.05) is 24.7 Å². The Labute approximate surface area is 120 Å². The Morgan fingerprint density at radius 1 is 1.32 bits per heavy atom. The minimum absolute atomic E-state index is 0.615. The Hall–Kier alpha value is -0.120. The molecule has 0 saturated carbocycles. The van der Waals surface area contributed by atoms with Crippen molar-refractivity contribution in [3.8, 4) is 0 Å². The third-order valence-electron chi connectivity index (χ3n) is 4.51. The second-order valence-electron chi connectivity index (χ2n) is 6.46. The summed E-state index contributed by atoms with van der Waals surface area (Å²) >= 11 is 0. The van der Waals surface area contributed by atoms with Crippen molar-refractivity contribution in [3.63, 3.8) is 0 Å². The van der Waals surface area contributed by atoms with E-state index in [9.17, 15) is 0 Å². The predicted octanol–water partition coefficient (Wildman–Crippen LogP) is 2.57. The number of likely N-dealkylation sites (tertiary alicyclic amines) is 1. The Kier molecular flexibility index (Phi) is 7.96. The Bertz CT molecular complexity index is 230. The summed E-state index contributed by atoms with van der Waals surface area (Å²) < 4.78 is 0. The molecule has 0 aromatic carbocycles.